The van der Waals surface area contributed by atoms with Crippen LogP contribution in [0.2, 0.25) is 5.02 Å². The number of hydrogen-bond donors (Lipinski definition) is 2. The van der Waals surface area contributed by atoms with E-state index in [0.717, 1.165) is 5.69 Å². The van der Waals surface area contributed by atoms with Crippen molar-refractivity contribution in [2.24, 2.45) is 4.99 Å². The number of hydrogen-bond acceptors (Lipinski definition) is 2. The maximum absolute atomic E-state index is 11.1. The third kappa shape index (κ3) is 3.18. The van der Waals surface area contributed by atoms with Gasteiger partial charge in [0, 0.05) is 17.8 Å². The molecule has 2 N–H and O–H groups in total. The summed E-state index contributed by atoms with van der Waals surface area (Å²) in [6, 6.07) is 7.15. The van der Waals surface area contributed by atoms with E-state index in [1.54, 1.807) is 24.1 Å². The first-order chi connectivity index (χ1) is 8.54. The minimum Gasteiger partial charge on any atom is -0.336 e. The highest BCUT2D eigenvalue weighted by Crippen LogP contribution is 2.15. The van der Waals surface area contributed by atoms with E-state index in [1.165, 1.54) is 0 Å². The van der Waals surface area contributed by atoms with Crippen LogP contribution in [0, 0.1) is 0 Å². The standard InChI is InChI=1S/C11H11ClN4OS/c1-16-6-9(17)14-10(16)15-11(18)13-8-4-2-3-7(12)5-8/h2-5H,6H2,1H3,(H2,13,14,15,17,18). The van der Waals surface area contributed by atoms with Crippen molar-refractivity contribution in [3.63, 3.8) is 0 Å². The van der Waals surface area contributed by atoms with Crippen molar-refractivity contribution in [3.05, 3.63) is 29.3 Å². The third-order valence-corrected chi connectivity index (χ3v) is 2.71. The number of halogens is 1. The lowest BCUT2D eigenvalue weighted by Gasteiger charge is -2.09. The monoisotopic (exact) mass is 282 g/mol. The summed E-state index contributed by atoms with van der Waals surface area (Å²) in [6.07, 6.45) is 0. The fourth-order valence-corrected chi connectivity index (χ4v) is 1.87. The number of amides is 1. The van der Waals surface area contributed by atoms with Crippen molar-refractivity contribution in [2.75, 3.05) is 18.9 Å². The van der Waals surface area contributed by atoms with Crippen LogP contribution in [0.25, 0.3) is 0 Å². The Morgan fingerprint density at radius 2 is 2.39 bits per heavy atom. The lowest BCUT2D eigenvalue weighted by atomic mass is 10.3. The number of carbonyl (C=O) groups excluding carboxylic acids is 1. The number of carbonyl (C=O) groups is 1. The Bertz CT molecular complexity index is 532. The molecule has 0 bridgehead atoms. The van der Waals surface area contributed by atoms with Crippen molar-refractivity contribution in [2.45, 2.75) is 0 Å². The predicted molar refractivity (Wildman–Crippen MR) is 75.9 cm³/mol. The van der Waals surface area contributed by atoms with Crippen LogP contribution in [0.1, 0.15) is 0 Å². The van der Waals surface area contributed by atoms with Gasteiger partial charge in [0.15, 0.2) is 0 Å². The summed E-state index contributed by atoms with van der Waals surface area (Å²) in [4.78, 5) is 16.9. The van der Waals surface area contributed by atoms with E-state index < -0.39 is 0 Å². The van der Waals surface area contributed by atoms with E-state index in [4.69, 9.17) is 23.8 Å². The van der Waals surface area contributed by atoms with Crippen molar-refractivity contribution in [3.8, 4) is 0 Å². The van der Waals surface area contributed by atoms with Crippen LogP contribution in [-0.4, -0.2) is 35.5 Å². The van der Waals surface area contributed by atoms with Crippen LogP contribution >= 0.6 is 23.8 Å². The highest BCUT2D eigenvalue weighted by molar-refractivity contribution is 7.80. The van der Waals surface area contributed by atoms with Crippen molar-refractivity contribution in [1.82, 2.24) is 10.2 Å². The summed E-state index contributed by atoms with van der Waals surface area (Å²) >= 11 is 10.9. The maximum Gasteiger partial charge on any atom is 0.246 e. The summed E-state index contributed by atoms with van der Waals surface area (Å²) in [5.41, 5.74) is 0.754. The highest BCUT2D eigenvalue weighted by Gasteiger charge is 2.21. The van der Waals surface area contributed by atoms with Gasteiger partial charge in [0.25, 0.3) is 0 Å². The molecule has 7 heteroatoms. The number of aliphatic imine (C=N–C) groups is 1. The molecule has 0 saturated carbocycles. The highest BCUT2D eigenvalue weighted by atomic mass is 35.5. The number of thiocarbonyl (C=S) groups is 1. The van der Waals surface area contributed by atoms with Gasteiger partial charge in [0.2, 0.25) is 17.0 Å². The number of guanidine groups is 1. The number of nitrogens with zero attached hydrogens (tertiary/aromatic N) is 2. The van der Waals surface area contributed by atoms with Crippen LogP contribution in [0.15, 0.2) is 29.3 Å². The molecule has 1 aliphatic rings. The molecule has 1 heterocycles. The summed E-state index contributed by atoms with van der Waals surface area (Å²) in [6.45, 7) is 0.290. The first-order valence-corrected chi connectivity index (χ1v) is 5.99. The SMILES string of the molecule is CN1CC(=O)NC1=NC(=S)Nc1cccc(Cl)c1. The molecule has 0 radical (unpaired) electrons. The molecule has 5 nitrogen and oxygen atoms in total. The van der Waals surface area contributed by atoms with E-state index >= 15 is 0 Å². The van der Waals surface area contributed by atoms with E-state index in [2.05, 4.69) is 15.6 Å². The number of rotatable bonds is 1. The molecule has 2 rings (SSSR count). The average Bonchev–Trinajstić information content (AvgIpc) is 2.57. The Kier molecular flexibility index (Phi) is 3.78. The number of likely N-dealkylation sites (N-methyl/N-ethyl adjacent to an activating group) is 1. The summed E-state index contributed by atoms with van der Waals surface area (Å²) in [7, 11) is 1.76. The molecule has 0 unspecified atom stereocenters. The molecule has 0 aliphatic carbocycles. The third-order valence-electron chi connectivity index (χ3n) is 2.28. The van der Waals surface area contributed by atoms with Crippen LogP contribution in [0.3, 0.4) is 0 Å². The number of anilines is 1. The molecule has 1 saturated heterocycles. The first-order valence-electron chi connectivity index (χ1n) is 5.21. The first kappa shape index (κ1) is 12.8. The van der Waals surface area contributed by atoms with Crippen LogP contribution in [0.5, 0.6) is 0 Å². The molecule has 0 spiro atoms. The van der Waals surface area contributed by atoms with Gasteiger partial charge in [0.05, 0.1) is 6.54 Å². The molecule has 1 aromatic rings. The lowest BCUT2D eigenvalue weighted by molar-refractivity contribution is -0.118. The van der Waals surface area contributed by atoms with Gasteiger partial charge in [-0.3, -0.25) is 10.1 Å². The average molecular weight is 283 g/mol. The zero-order valence-electron chi connectivity index (χ0n) is 9.61. The molecule has 1 aliphatic heterocycles. The second-order valence-corrected chi connectivity index (χ2v) is 4.60. The molecule has 1 amide bonds. The lowest BCUT2D eigenvalue weighted by Crippen LogP contribution is -2.29. The van der Waals surface area contributed by atoms with Gasteiger partial charge in [0.1, 0.15) is 0 Å². The Morgan fingerprint density at radius 1 is 1.61 bits per heavy atom. The number of nitrogens with one attached hydrogen (secondary N) is 2. The van der Waals surface area contributed by atoms with Crippen LogP contribution in [0.4, 0.5) is 5.69 Å². The minimum absolute atomic E-state index is 0.0956. The Hall–Kier alpha value is -1.66. The van der Waals surface area contributed by atoms with Gasteiger partial charge in [-0.05, 0) is 30.4 Å². The van der Waals surface area contributed by atoms with E-state index in [-0.39, 0.29) is 11.0 Å². The summed E-state index contributed by atoms with van der Waals surface area (Å²) in [5, 5.41) is 6.42. The largest absolute Gasteiger partial charge is 0.336 e. The Labute approximate surface area is 115 Å². The van der Waals surface area contributed by atoms with Crippen LogP contribution in [-0.2, 0) is 4.79 Å². The molecular formula is C11H11ClN4OS. The molecule has 94 valence electrons. The summed E-state index contributed by atoms with van der Waals surface area (Å²) < 4.78 is 0. The molecular weight excluding hydrogens is 272 g/mol. The summed E-state index contributed by atoms with van der Waals surface area (Å²) in [5.74, 6) is 0.348. The molecule has 0 atom stereocenters. The molecule has 18 heavy (non-hydrogen) atoms. The smallest absolute Gasteiger partial charge is 0.246 e. The normalized spacial score (nSPS) is 16.9. The van der Waals surface area contributed by atoms with Gasteiger partial charge in [-0.15, -0.1) is 0 Å². The Balaban J connectivity index is 2.05. The van der Waals surface area contributed by atoms with Crippen molar-refractivity contribution in [1.29, 1.82) is 0 Å². The van der Waals surface area contributed by atoms with Crippen LogP contribution < -0.4 is 10.6 Å². The van der Waals surface area contributed by atoms with E-state index in [0.29, 0.717) is 17.5 Å². The second-order valence-electron chi connectivity index (χ2n) is 3.78. The van der Waals surface area contributed by atoms with Crippen molar-refractivity contribution < 1.29 is 4.79 Å². The maximum atomic E-state index is 11.1. The fraction of sp³-hybridized carbons (Fsp3) is 0.182. The zero-order chi connectivity index (χ0) is 13.1. The Morgan fingerprint density at radius 3 is 3.00 bits per heavy atom. The molecule has 1 fully saturated rings. The van der Waals surface area contributed by atoms with Gasteiger partial charge < -0.3 is 10.2 Å². The zero-order valence-corrected chi connectivity index (χ0v) is 11.2. The molecule has 0 aromatic heterocycles. The van der Waals surface area contributed by atoms with Gasteiger partial charge >= 0.3 is 0 Å². The van der Waals surface area contributed by atoms with Crippen molar-refractivity contribution >= 4 is 46.5 Å². The number of benzene rings is 1. The predicted octanol–water partition coefficient (Wildman–Crippen LogP) is 1.45. The van der Waals surface area contributed by atoms with E-state index in [1.807, 2.05) is 12.1 Å². The van der Waals surface area contributed by atoms with Gasteiger partial charge in [-0.2, -0.15) is 4.99 Å². The quantitative estimate of drug-likeness (QED) is 0.766. The molecule has 1 aromatic carbocycles. The van der Waals surface area contributed by atoms with Gasteiger partial charge in [-0.25, -0.2) is 0 Å². The van der Waals surface area contributed by atoms with E-state index in [9.17, 15) is 4.79 Å². The fourth-order valence-electron chi connectivity index (χ4n) is 1.48. The minimum atomic E-state index is -0.0956. The second kappa shape index (κ2) is 5.32. The topological polar surface area (TPSA) is 56.7 Å². The van der Waals surface area contributed by atoms with Gasteiger partial charge in [-0.1, -0.05) is 17.7 Å².